The Kier molecular flexibility index (Phi) is 5.00. The Morgan fingerprint density at radius 3 is 2.72 bits per heavy atom. The summed E-state index contributed by atoms with van der Waals surface area (Å²) in [6.07, 6.45) is 3.67. The Morgan fingerprint density at radius 1 is 1.32 bits per heavy atom. The predicted molar refractivity (Wildman–Crippen MR) is 97.0 cm³/mol. The van der Waals surface area contributed by atoms with Crippen LogP contribution in [0.3, 0.4) is 0 Å². The molecule has 1 fully saturated rings. The summed E-state index contributed by atoms with van der Waals surface area (Å²) in [5.41, 5.74) is 2.42. The van der Waals surface area contributed by atoms with E-state index in [2.05, 4.69) is 47.3 Å². The maximum Gasteiger partial charge on any atom is 0.222 e. The van der Waals surface area contributed by atoms with Gasteiger partial charge in [-0.15, -0.1) is 0 Å². The number of nitrogens with zero attached hydrogens (tertiary/aromatic N) is 3. The van der Waals surface area contributed by atoms with Crippen molar-refractivity contribution in [1.29, 1.82) is 5.26 Å². The van der Waals surface area contributed by atoms with Gasteiger partial charge in [-0.2, -0.15) is 5.26 Å². The first kappa shape index (κ1) is 17.4. The molecule has 0 radical (unpaired) electrons. The van der Waals surface area contributed by atoms with Crippen molar-refractivity contribution in [3.05, 3.63) is 53.3 Å². The summed E-state index contributed by atoms with van der Waals surface area (Å²) in [6.45, 7) is 4.87. The van der Waals surface area contributed by atoms with E-state index in [-0.39, 0.29) is 11.5 Å². The minimum atomic E-state index is -0.270. The maximum atomic E-state index is 9.92. The Labute approximate surface area is 148 Å². The minimum absolute atomic E-state index is 0.126. The summed E-state index contributed by atoms with van der Waals surface area (Å²) >= 11 is 0. The van der Waals surface area contributed by atoms with Gasteiger partial charge >= 0.3 is 0 Å². The first-order chi connectivity index (χ1) is 12.0. The summed E-state index contributed by atoms with van der Waals surface area (Å²) in [6, 6.07) is 12.4. The van der Waals surface area contributed by atoms with Gasteiger partial charge in [0.05, 0.1) is 23.6 Å². The van der Waals surface area contributed by atoms with Crippen LogP contribution in [0.25, 0.3) is 0 Å². The van der Waals surface area contributed by atoms with Gasteiger partial charge in [-0.1, -0.05) is 44.2 Å². The van der Waals surface area contributed by atoms with E-state index in [0.717, 1.165) is 25.1 Å². The van der Waals surface area contributed by atoms with E-state index in [4.69, 9.17) is 0 Å². The lowest BCUT2D eigenvalue weighted by Crippen LogP contribution is -2.50. The molecule has 1 aromatic heterocycles. The normalized spacial score (nSPS) is 21.2. The molecule has 2 N–H and O–H groups in total. The SMILES string of the molecule is CC1(C)[C@H](Cc2nc(NCCc3ccccc3)ncc2C#N)C[C@@H]1O. The molecular weight excluding hydrogens is 312 g/mol. The molecule has 0 saturated heterocycles. The molecule has 25 heavy (non-hydrogen) atoms. The van der Waals surface area contributed by atoms with Gasteiger partial charge in [-0.3, -0.25) is 0 Å². The van der Waals surface area contributed by atoms with E-state index in [1.165, 1.54) is 5.56 Å². The van der Waals surface area contributed by atoms with E-state index in [9.17, 15) is 10.4 Å². The van der Waals surface area contributed by atoms with Crippen LogP contribution in [0.1, 0.15) is 37.1 Å². The molecule has 130 valence electrons. The second-order valence-corrected chi connectivity index (χ2v) is 7.30. The molecule has 5 heteroatoms. The van der Waals surface area contributed by atoms with Gasteiger partial charge in [0, 0.05) is 6.54 Å². The van der Waals surface area contributed by atoms with E-state index in [1.807, 2.05) is 18.2 Å². The van der Waals surface area contributed by atoms with Crippen molar-refractivity contribution in [3.8, 4) is 6.07 Å². The fourth-order valence-electron chi connectivity index (χ4n) is 3.28. The topological polar surface area (TPSA) is 81.8 Å². The molecule has 1 heterocycles. The van der Waals surface area contributed by atoms with Crippen molar-refractivity contribution in [1.82, 2.24) is 9.97 Å². The lowest BCUT2D eigenvalue weighted by molar-refractivity contribution is -0.0978. The Hall–Kier alpha value is -2.45. The largest absolute Gasteiger partial charge is 0.393 e. The van der Waals surface area contributed by atoms with E-state index in [1.54, 1.807) is 6.20 Å². The summed E-state index contributed by atoms with van der Waals surface area (Å²) < 4.78 is 0. The van der Waals surface area contributed by atoms with Crippen LogP contribution in [-0.2, 0) is 12.8 Å². The summed E-state index contributed by atoms with van der Waals surface area (Å²) in [5.74, 6) is 0.893. The summed E-state index contributed by atoms with van der Waals surface area (Å²) in [5, 5.41) is 22.5. The zero-order valence-corrected chi connectivity index (χ0v) is 14.7. The summed E-state index contributed by atoms with van der Waals surface area (Å²) in [4.78, 5) is 8.81. The molecule has 2 aromatic rings. The number of anilines is 1. The van der Waals surface area contributed by atoms with Crippen LogP contribution in [-0.4, -0.2) is 27.7 Å². The fraction of sp³-hybridized carbons (Fsp3) is 0.450. The van der Waals surface area contributed by atoms with Gasteiger partial charge < -0.3 is 10.4 Å². The second kappa shape index (κ2) is 7.20. The molecule has 1 saturated carbocycles. The number of rotatable bonds is 6. The number of aromatic nitrogens is 2. The van der Waals surface area contributed by atoms with Gasteiger partial charge in [0.1, 0.15) is 6.07 Å². The first-order valence-electron chi connectivity index (χ1n) is 8.72. The van der Waals surface area contributed by atoms with E-state index >= 15 is 0 Å². The molecule has 1 aliphatic carbocycles. The van der Waals surface area contributed by atoms with Crippen LogP contribution in [0.4, 0.5) is 5.95 Å². The van der Waals surface area contributed by atoms with E-state index < -0.39 is 0 Å². The van der Waals surface area contributed by atoms with Crippen LogP contribution in [0, 0.1) is 22.7 Å². The van der Waals surface area contributed by atoms with Crippen LogP contribution >= 0.6 is 0 Å². The fourth-order valence-corrected chi connectivity index (χ4v) is 3.28. The van der Waals surface area contributed by atoms with Gasteiger partial charge in [-0.05, 0) is 36.2 Å². The molecule has 0 aliphatic heterocycles. The van der Waals surface area contributed by atoms with Gasteiger partial charge in [0.2, 0.25) is 5.95 Å². The molecule has 0 amide bonds. The number of aliphatic hydroxyl groups excluding tert-OH is 1. The average Bonchev–Trinajstić information content (AvgIpc) is 2.62. The zero-order valence-electron chi connectivity index (χ0n) is 14.7. The maximum absolute atomic E-state index is 9.92. The third-order valence-corrected chi connectivity index (χ3v) is 5.39. The number of hydrogen-bond acceptors (Lipinski definition) is 5. The molecule has 2 atom stereocenters. The Balaban J connectivity index is 1.65. The second-order valence-electron chi connectivity index (χ2n) is 7.30. The third-order valence-electron chi connectivity index (χ3n) is 5.39. The summed E-state index contributed by atoms with van der Waals surface area (Å²) in [7, 11) is 0. The van der Waals surface area contributed by atoms with Crippen molar-refractivity contribution >= 4 is 5.95 Å². The lowest BCUT2D eigenvalue weighted by atomic mass is 9.58. The highest BCUT2D eigenvalue weighted by atomic mass is 16.3. The molecule has 0 unspecified atom stereocenters. The van der Waals surface area contributed by atoms with Crippen molar-refractivity contribution in [2.24, 2.45) is 11.3 Å². The molecule has 1 aromatic carbocycles. The van der Waals surface area contributed by atoms with Gasteiger partial charge in [0.15, 0.2) is 0 Å². The smallest absolute Gasteiger partial charge is 0.222 e. The Morgan fingerprint density at radius 2 is 2.08 bits per heavy atom. The van der Waals surface area contributed by atoms with Crippen molar-refractivity contribution < 1.29 is 5.11 Å². The van der Waals surface area contributed by atoms with E-state index in [0.29, 0.717) is 23.9 Å². The van der Waals surface area contributed by atoms with Crippen molar-refractivity contribution in [3.63, 3.8) is 0 Å². The standard InChI is InChI=1S/C20H24N4O/c1-20(2)16(11-18(20)25)10-17-15(12-21)13-23-19(24-17)22-9-8-14-6-4-3-5-7-14/h3-7,13,16,18,25H,8-11H2,1-2H3,(H,22,23,24)/t16-,18+/m1/s1. The quantitative estimate of drug-likeness (QED) is 0.847. The van der Waals surface area contributed by atoms with Gasteiger partial charge in [-0.25, -0.2) is 9.97 Å². The number of nitriles is 1. The average molecular weight is 336 g/mol. The number of hydrogen-bond donors (Lipinski definition) is 2. The van der Waals surface area contributed by atoms with Crippen LogP contribution in [0.15, 0.2) is 36.5 Å². The van der Waals surface area contributed by atoms with Crippen molar-refractivity contribution in [2.75, 3.05) is 11.9 Å². The third kappa shape index (κ3) is 3.80. The molecule has 1 aliphatic rings. The first-order valence-corrected chi connectivity index (χ1v) is 8.72. The van der Waals surface area contributed by atoms with Crippen LogP contribution in [0.5, 0.6) is 0 Å². The molecule has 0 spiro atoms. The highest BCUT2D eigenvalue weighted by Crippen LogP contribution is 2.47. The highest BCUT2D eigenvalue weighted by molar-refractivity contribution is 5.37. The molecule has 0 bridgehead atoms. The van der Waals surface area contributed by atoms with Crippen LogP contribution < -0.4 is 5.32 Å². The molecule has 3 rings (SSSR count). The zero-order chi connectivity index (χ0) is 17.9. The lowest BCUT2D eigenvalue weighted by Gasteiger charge is -2.49. The monoisotopic (exact) mass is 336 g/mol. The number of nitrogens with one attached hydrogen (secondary N) is 1. The molecule has 5 nitrogen and oxygen atoms in total. The number of benzene rings is 1. The Bertz CT molecular complexity index is 767. The van der Waals surface area contributed by atoms with Crippen LogP contribution in [0.2, 0.25) is 0 Å². The van der Waals surface area contributed by atoms with Crippen molar-refractivity contribution in [2.45, 2.75) is 39.2 Å². The highest BCUT2D eigenvalue weighted by Gasteiger charge is 2.47. The minimum Gasteiger partial charge on any atom is -0.393 e. The molecular formula is C20H24N4O. The number of aliphatic hydroxyl groups is 1. The van der Waals surface area contributed by atoms with Gasteiger partial charge in [0.25, 0.3) is 0 Å². The predicted octanol–water partition coefficient (Wildman–Crippen LogP) is 2.95.